The van der Waals surface area contributed by atoms with Crippen LogP contribution in [0.3, 0.4) is 0 Å². The van der Waals surface area contributed by atoms with Gasteiger partial charge in [-0.3, -0.25) is 0 Å². The van der Waals surface area contributed by atoms with E-state index in [2.05, 4.69) is 38.4 Å². The Balaban J connectivity index is 1.31. The molecule has 2 nitrogen and oxygen atoms in total. The minimum Gasteiger partial charge on any atom is -0.241 e. The molecule has 0 aliphatic heterocycles. The van der Waals surface area contributed by atoms with Crippen LogP contribution in [0.1, 0.15) is 140 Å². The summed E-state index contributed by atoms with van der Waals surface area (Å²) < 4.78 is 0. The smallest absolute Gasteiger partial charge is 0.131 e. The summed E-state index contributed by atoms with van der Waals surface area (Å²) in [6.07, 6.45) is 33.8. The van der Waals surface area contributed by atoms with Gasteiger partial charge < -0.3 is 0 Å². The van der Waals surface area contributed by atoms with Crippen molar-refractivity contribution in [2.24, 2.45) is 17.8 Å². The van der Waals surface area contributed by atoms with E-state index < -0.39 is 0 Å². The van der Waals surface area contributed by atoms with E-state index in [0.29, 0.717) is 5.92 Å². The molecule has 2 fully saturated rings. The van der Waals surface area contributed by atoms with Crippen LogP contribution in [0.15, 0.2) is 24.5 Å². The van der Waals surface area contributed by atoms with Gasteiger partial charge in [0.25, 0.3) is 0 Å². The first-order chi connectivity index (χ1) is 15.8. The Labute approximate surface area is 199 Å². The summed E-state index contributed by atoms with van der Waals surface area (Å²) in [5, 5.41) is 0. The highest BCUT2D eigenvalue weighted by Crippen LogP contribution is 2.36. The Morgan fingerprint density at radius 1 is 0.688 bits per heavy atom. The van der Waals surface area contributed by atoms with Crippen molar-refractivity contribution >= 4 is 0 Å². The second-order valence-electron chi connectivity index (χ2n) is 10.9. The number of rotatable bonds is 13. The molecule has 0 atom stereocenters. The maximum atomic E-state index is 4.78. The normalized spacial score (nSPS) is 26.6. The van der Waals surface area contributed by atoms with E-state index in [-0.39, 0.29) is 0 Å². The van der Waals surface area contributed by atoms with E-state index in [4.69, 9.17) is 9.97 Å². The lowest BCUT2D eigenvalue weighted by molar-refractivity contribution is 0.292. The molecule has 0 N–H and O–H groups in total. The van der Waals surface area contributed by atoms with Gasteiger partial charge in [-0.2, -0.15) is 0 Å². The Bertz CT molecular complexity index is 619. The second kappa shape index (κ2) is 14.9. The fraction of sp³-hybridized carbons (Fsp3) is 0.800. The summed E-state index contributed by atoms with van der Waals surface area (Å²) >= 11 is 0. The van der Waals surface area contributed by atoms with Crippen LogP contribution >= 0.6 is 0 Å². The number of unbranched alkanes of at least 4 members (excludes halogenated alkanes) is 6. The molecule has 0 aromatic carbocycles. The molecular formula is C30H50N2. The highest BCUT2D eigenvalue weighted by atomic mass is 14.9. The van der Waals surface area contributed by atoms with Gasteiger partial charge in [0.05, 0.1) is 0 Å². The summed E-state index contributed by atoms with van der Waals surface area (Å²) in [6.45, 7) is 4.62. The maximum absolute atomic E-state index is 4.78. The molecule has 0 unspecified atom stereocenters. The Morgan fingerprint density at radius 3 is 1.84 bits per heavy atom. The van der Waals surface area contributed by atoms with Gasteiger partial charge in [0.2, 0.25) is 0 Å². The zero-order valence-electron chi connectivity index (χ0n) is 21.2. The third-order valence-corrected chi connectivity index (χ3v) is 8.18. The molecule has 0 saturated heterocycles. The quantitative estimate of drug-likeness (QED) is 0.226. The van der Waals surface area contributed by atoms with Crippen LogP contribution in [-0.2, 0) is 6.42 Å². The Hall–Kier alpha value is -1.18. The zero-order valence-corrected chi connectivity index (χ0v) is 21.2. The van der Waals surface area contributed by atoms with Crippen LogP contribution in [0.2, 0.25) is 0 Å². The highest BCUT2D eigenvalue weighted by Gasteiger charge is 2.24. The fourth-order valence-electron chi connectivity index (χ4n) is 5.95. The molecule has 2 heteroatoms. The maximum Gasteiger partial charge on any atom is 0.131 e. The van der Waals surface area contributed by atoms with Crippen LogP contribution < -0.4 is 0 Å². The molecular weight excluding hydrogens is 388 g/mol. The van der Waals surface area contributed by atoms with Crippen molar-refractivity contribution in [3.05, 3.63) is 35.9 Å². The standard InChI is InChI=1S/C30H50N2/c1-3-5-6-7-8-9-10-12-28-23-31-30(32-24-28)29-21-19-27(20-22-29)18-17-26-15-13-25(11-4-2)14-16-26/h17-18,23-27,29H,3-16,19-22H2,1-2H3/b18-17+. The minimum absolute atomic E-state index is 0.580. The molecule has 0 bridgehead atoms. The molecule has 1 aromatic rings. The van der Waals surface area contributed by atoms with Crippen molar-refractivity contribution in [1.82, 2.24) is 9.97 Å². The average Bonchev–Trinajstić information content (AvgIpc) is 2.84. The first kappa shape index (κ1) is 25.4. The third-order valence-electron chi connectivity index (χ3n) is 8.18. The topological polar surface area (TPSA) is 25.8 Å². The number of allylic oxidation sites excluding steroid dienone is 2. The van der Waals surface area contributed by atoms with E-state index in [1.807, 2.05) is 0 Å². The van der Waals surface area contributed by atoms with E-state index in [1.54, 1.807) is 0 Å². The first-order valence-corrected chi connectivity index (χ1v) is 14.3. The lowest BCUT2D eigenvalue weighted by Crippen LogP contribution is -2.15. The summed E-state index contributed by atoms with van der Waals surface area (Å²) in [6, 6.07) is 0. The average molecular weight is 439 g/mol. The van der Waals surface area contributed by atoms with E-state index in [9.17, 15) is 0 Å². The van der Waals surface area contributed by atoms with Gasteiger partial charge in [0, 0.05) is 18.3 Å². The molecule has 1 aromatic heterocycles. The summed E-state index contributed by atoms with van der Waals surface area (Å²) in [5.41, 5.74) is 1.33. The molecule has 0 radical (unpaired) electrons. The monoisotopic (exact) mass is 438 g/mol. The number of hydrogen-bond donors (Lipinski definition) is 0. The number of aromatic nitrogens is 2. The van der Waals surface area contributed by atoms with E-state index in [1.165, 1.54) is 115 Å². The molecule has 0 amide bonds. The van der Waals surface area contributed by atoms with Gasteiger partial charge in [0.1, 0.15) is 5.82 Å². The van der Waals surface area contributed by atoms with Gasteiger partial charge in [-0.15, -0.1) is 0 Å². The molecule has 0 spiro atoms. The van der Waals surface area contributed by atoms with Gasteiger partial charge in [0.15, 0.2) is 0 Å². The van der Waals surface area contributed by atoms with Crippen molar-refractivity contribution in [3.8, 4) is 0 Å². The van der Waals surface area contributed by atoms with Crippen molar-refractivity contribution in [1.29, 1.82) is 0 Å². The fourth-order valence-corrected chi connectivity index (χ4v) is 5.95. The Morgan fingerprint density at radius 2 is 1.25 bits per heavy atom. The van der Waals surface area contributed by atoms with Crippen molar-refractivity contribution in [2.75, 3.05) is 0 Å². The molecule has 1 heterocycles. The molecule has 180 valence electrons. The highest BCUT2D eigenvalue weighted by molar-refractivity contribution is 5.09. The number of nitrogens with zero attached hydrogens (tertiary/aromatic N) is 2. The van der Waals surface area contributed by atoms with Crippen LogP contribution in [0.5, 0.6) is 0 Å². The van der Waals surface area contributed by atoms with Gasteiger partial charge in [-0.1, -0.05) is 77.4 Å². The zero-order chi connectivity index (χ0) is 22.4. The molecule has 32 heavy (non-hydrogen) atoms. The summed E-state index contributed by atoms with van der Waals surface area (Å²) in [7, 11) is 0. The lowest BCUT2D eigenvalue weighted by atomic mass is 9.78. The molecule has 2 aliphatic rings. The van der Waals surface area contributed by atoms with Crippen molar-refractivity contribution < 1.29 is 0 Å². The molecule has 3 rings (SSSR count). The SMILES string of the molecule is CCCCCCCCCc1cnc(C2CCC(/C=C/C3CCC(CCC)CC3)CC2)nc1. The largest absolute Gasteiger partial charge is 0.241 e. The predicted octanol–water partition coefficient (Wildman–Crippen LogP) is 9.21. The van der Waals surface area contributed by atoms with Crippen LogP contribution in [0.25, 0.3) is 0 Å². The molecule has 2 aliphatic carbocycles. The summed E-state index contributed by atoms with van der Waals surface area (Å²) in [5.74, 6) is 4.34. The predicted molar refractivity (Wildman–Crippen MR) is 138 cm³/mol. The van der Waals surface area contributed by atoms with E-state index in [0.717, 1.165) is 30.0 Å². The Kier molecular flexibility index (Phi) is 11.8. The number of hydrogen-bond acceptors (Lipinski definition) is 2. The first-order valence-electron chi connectivity index (χ1n) is 14.3. The van der Waals surface area contributed by atoms with Crippen LogP contribution in [0.4, 0.5) is 0 Å². The third kappa shape index (κ3) is 8.99. The minimum atomic E-state index is 0.580. The second-order valence-corrected chi connectivity index (χ2v) is 10.9. The number of aryl methyl sites for hydroxylation is 1. The lowest BCUT2D eigenvalue weighted by Gasteiger charge is -2.28. The van der Waals surface area contributed by atoms with Crippen LogP contribution in [-0.4, -0.2) is 9.97 Å². The van der Waals surface area contributed by atoms with E-state index >= 15 is 0 Å². The van der Waals surface area contributed by atoms with Gasteiger partial charge in [-0.25, -0.2) is 9.97 Å². The molecule has 2 saturated carbocycles. The summed E-state index contributed by atoms with van der Waals surface area (Å²) in [4.78, 5) is 9.56. The van der Waals surface area contributed by atoms with Crippen LogP contribution in [0, 0.1) is 17.8 Å². The van der Waals surface area contributed by atoms with Crippen molar-refractivity contribution in [2.45, 2.75) is 135 Å². The van der Waals surface area contributed by atoms with Crippen molar-refractivity contribution in [3.63, 3.8) is 0 Å². The van der Waals surface area contributed by atoms with Gasteiger partial charge in [-0.05, 0) is 87.5 Å². The van der Waals surface area contributed by atoms with Gasteiger partial charge >= 0.3 is 0 Å².